The molecule has 5 nitrogen and oxygen atoms in total. The Morgan fingerprint density at radius 3 is 2.82 bits per heavy atom. The molecule has 1 heterocycles. The van der Waals surface area contributed by atoms with Crippen LogP contribution in [0.25, 0.3) is 0 Å². The zero-order valence-electron chi connectivity index (χ0n) is 12.4. The molecular weight excluding hydrogens is 300 g/mol. The molecule has 3 N–H and O–H groups in total. The Bertz CT molecular complexity index is 587. The fraction of sp³-hybridized carbons (Fsp3) is 0.312. The van der Waals surface area contributed by atoms with Crippen molar-refractivity contribution in [3.63, 3.8) is 0 Å². The normalized spacial score (nSPS) is 11.9. The third-order valence-corrected chi connectivity index (χ3v) is 4.08. The standard InChI is InChI=1S/C16H20N2O3S/c1-12-5-2-3-6-13(12)18-16(20)17-11-14(21-9-8-19)15-7-4-10-22-15/h2-7,10,14,19H,8-9,11H2,1H3,(H2,17,18,20)/t14-/m1/s1. The number of aryl methyl sites for hydroxylation is 1. The summed E-state index contributed by atoms with van der Waals surface area (Å²) in [6, 6.07) is 11.2. The van der Waals surface area contributed by atoms with Gasteiger partial charge in [-0.3, -0.25) is 0 Å². The number of aliphatic hydroxyl groups excluding tert-OH is 1. The van der Waals surface area contributed by atoms with E-state index in [9.17, 15) is 4.79 Å². The molecule has 1 aromatic heterocycles. The summed E-state index contributed by atoms with van der Waals surface area (Å²) in [5, 5.41) is 16.5. The van der Waals surface area contributed by atoms with E-state index in [0.717, 1.165) is 16.1 Å². The average molecular weight is 320 g/mol. The monoisotopic (exact) mass is 320 g/mol. The maximum Gasteiger partial charge on any atom is 0.319 e. The summed E-state index contributed by atoms with van der Waals surface area (Å²) in [5.41, 5.74) is 1.79. The second kappa shape index (κ2) is 8.53. The number of carbonyl (C=O) groups excluding carboxylic acids is 1. The van der Waals surface area contributed by atoms with Crippen LogP contribution in [0.15, 0.2) is 41.8 Å². The van der Waals surface area contributed by atoms with Gasteiger partial charge in [-0.15, -0.1) is 11.3 Å². The summed E-state index contributed by atoms with van der Waals surface area (Å²) >= 11 is 1.56. The van der Waals surface area contributed by atoms with Crippen LogP contribution in [0.5, 0.6) is 0 Å². The zero-order valence-corrected chi connectivity index (χ0v) is 13.2. The highest BCUT2D eigenvalue weighted by Gasteiger charge is 2.14. The number of para-hydroxylation sites is 1. The number of rotatable bonds is 7. The minimum Gasteiger partial charge on any atom is -0.394 e. The Labute approximate surface area is 133 Å². The lowest BCUT2D eigenvalue weighted by molar-refractivity contribution is 0.0316. The summed E-state index contributed by atoms with van der Waals surface area (Å²) in [6.45, 7) is 2.48. The molecule has 0 spiro atoms. The van der Waals surface area contributed by atoms with Gasteiger partial charge < -0.3 is 20.5 Å². The SMILES string of the molecule is Cc1ccccc1NC(=O)NC[C@@H](OCCO)c1cccs1. The van der Waals surface area contributed by atoms with Crippen LogP contribution >= 0.6 is 11.3 Å². The second-order valence-electron chi connectivity index (χ2n) is 4.75. The van der Waals surface area contributed by atoms with Gasteiger partial charge in [0, 0.05) is 10.6 Å². The molecule has 0 radical (unpaired) electrons. The van der Waals surface area contributed by atoms with E-state index in [0.29, 0.717) is 6.54 Å². The fourth-order valence-corrected chi connectivity index (χ4v) is 2.75. The van der Waals surface area contributed by atoms with Gasteiger partial charge in [0.1, 0.15) is 6.10 Å². The van der Waals surface area contributed by atoms with Crippen LogP contribution in [0.1, 0.15) is 16.5 Å². The molecule has 0 aliphatic rings. The summed E-state index contributed by atoms with van der Waals surface area (Å²) in [6.07, 6.45) is -0.255. The summed E-state index contributed by atoms with van der Waals surface area (Å²) < 4.78 is 5.58. The van der Waals surface area contributed by atoms with Gasteiger partial charge in [0.25, 0.3) is 0 Å². The van der Waals surface area contributed by atoms with Crippen LogP contribution in [0.3, 0.4) is 0 Å². The largest absolute Gasteiger partial charge is 0.394 e. The molecule has 0 bridgehead atoms. The van der Waals surface area contributed by atoms with E-state index in [1.165, 1.54) is 0 Å². The van der Waals surface area contributed by atoms with Crippen molar-refractivity contribution in [2.75, 3.05) is 25.1 Å². The predicted octanol–water partition coefficient (Wildman–Crippen LogP) is 2.93. The minimum absolute atomic E-state index is 0.0444. The number of hydrogen-bond acceptors (Lipinski definition) is 4. The van der Waals surface area contributed by atoms with Gasteiger partial charge in [-0.25, -0.2) is 4.79 Å². The highest BCUT2D eigenvalue weighted by atomic mass is 32.1. The van der Waals surface area contributed by atoms with Crippen molar-refractivity contribution in [2.45, 2.75) is 13.0 Å². The van der Waals surface area contributed by atoms with Crippen molar-refractivity contribution >= 4 is 23.1 Å². The molecule has 1 atom stereocenters. The van der Waals surface area contributed by atoms with Crippen molar-refractivity contribution in [3.8, 4) is 0 Å². The van der Waals surface area contributed by atoms with Gasteiger partial charge in [0.15, 0.2) is 0 Å². The highest BCUT2D eigenvalue weighted by molar-refractivity contribution is 7.10. The molecule has 2 aromatic rings. The van der Waals surface area contributed by atoms with Crippen LogP contribution in [0.4, 0.5) is 10.5 Å². The maximum absolute atomic E-state index is 12.0. The molecule has 1 aromatic carbocycles. The molecule has 0 aliphatic heterocycles. The summed E-state index contributed by atoms with van der Waals surface area (Å²) in [4.78, 5) is 13.0. The zero-order chi connectivity index (χ0) is 15.8. The Balaban J connectivity index is 1.89. The second-order valence-corrected chi connectivity index (χ2v) is 5.73. The molecule has 0 saturated carbocycles. The van der Waals surface area contributed by atoms with Crippen molar-refractivity contribution < 1.29 is 14.6 Å². The lowest BCUT2D eigenvalue weighted by Crippen LogP contribution is -2.33. The third kappa shape index (κ3) is 4.84. The van der Waals surface area contributed by atoms with E-state index in [-0.39, 0.29) is 25.3 Å². The van der Waals surface area contributed by atoms with Crippen LogP contribution < -0.4 is 10.6 Å². The van der Waals surface area contributed by atoms with Gasteiger partial charge in [-0.2, -0.15) is 0 Å². The third-order valence-electron chi connectivity index (χ3n) is 3.11. The van der Waals surface area contributed by atoms with Crippen LogP contribution in [-0.4, -0.2) is 30.9 Å². The first-order valence-corrected chi connectivity index (χ1v) is 7.95. The first-order chi connectivity index (χ1) is 10.7. The van der Waals surface area contributed by atoms with Crippen LogP contribution in [0, 0.1) is 6.92 Å². The van der Waals surface area contributed by atoms with Gasteiger partial charge in [-0.05, 0) is 30.0 Å². The fourth-order valence-electron chi connectivity index (χ4n) is 1.98. The van der Waals surface area contributed by atoms with E-state index in [2.05, 4.69) is 10.6 Å². The minimum atomic E-state index is -0.275. The van der Waals surface area contributed by atoms with Crippen molar-refractivity contribution in [1.29, 1.82) is 0 Å². The Morgan fingerprint density at radius 1 is 1.32 bits per heavy atom. The maximum atomic E-state index is 12.0. The van der Waals surface area contributed by atoms with Gasteiger partial charge >= 0.3 is 6.03 Å². The van der Waals surface area contributed by atoms with Crippen LogP contribution in [0.2, 0.25) is 0 Å². The van der Waals surface area contributed by atoms with E-state index in [4.69, 9.17) is 9.84 Å². The van der Waals surface area contributed by atoms with Gasteiger partial charge in [-0.1, -0.05) is 24.3 Å². The molecule has 118 valence electrons. The number of thiophene rings is 1. The Kier molecular flexibility index (Phi) is 6.39. The molecule has 2 amide bonds. The molecule has 0 unspecified atom stereocenters. The first-order valence-electron chi connectivity index (χ1n) is 7.07. The summed E-state index contributed by atoms with van der Waals surface area (Å²) in [5.74, 6) is 0. The number of aliphatic hydroxyl groups is 1. The molecular formula is C16H20N2O3S. The number of hydrogen-bond donors (Lipinski definition) is 3. The molecule has 0 fully saturated rings. The van der Waals surface area contributed by atoms with Gasteiger partial charge in [0.05, 0.1) is 19.8 Å². The number of urea groups is 1. The van der Waals surface area contributed by atoms with Crippen molar-refractivity contribution in [2.24, 2.45) is 0 Å². The quantitative estimate of drug-likeness (QED) is 0.734. The molecule has 6 heteroatoms. The van der Waals surface area contributed by atoms with E-state index >= 15 is 0 Å². The lowest BCUT2D eigenvalue weighted by atomic mass is 10.2. The number of nitrogens with one attached hydrogen (secondary N) is 2. The average Bonchev–Trinajstić information content (AvgIpc) is 3.04. The lowest BCUT2D eigenvalue weighted by Gasteiger charge is -2.17. The first kappa shape index (κ1) is 16.5. The number of ether oxygens (including phenoxy) is 1. The topological polar surface area (TPSA) is 70.6 Å². The van der Waals surface area contributed by atoms with E-state index < -0.39 is 0 Å². The Morgan fingerprint density at radius 2 is 2.14 bits per heavy atom. The molecule has 22 heavy (non-hydrogen) atoms. The number of carbonyl (C=O) groups is 1. The predicted molar refractivity (Wildman–Crippen MR) is 88.3 cm³/mol. The van der Waals surface area contributed by atoms with Crippen molar-refractivity contribution in [3.05, 3.63) is 52.2 Å². The summed E-state index contributed by atoms with van der Waals surface area (Å²) in [7, 11) is 0. The molecule has 0 saturated heterocycles. The van der Waals surface area contributed by atoms with Gasteiger partial charge in [0.2, 0.25) is 0 Å². The van der Waals surface area contributed by atoms with E-state index in [1.54, 1.807) is 11.3 Å². The smallest absolute Gasteiger partial charge is 0.319 e. The highest BCUT2D eigenvalue weighted by Crippen LogP contribution is 2.22. The Hall–Kier alpha value is -1.89. The number of anilines is 1. The van der Waals surface area contributed by atoms with E-state index in [1.807, 2.05) is 48.7 Å². The molecule has 0 aliphatic carbocycles. The number of amides is 2. The van der Waals surface area contributed by atoms with Crippen LogP contribution in [-0.2, 0) is 4.74 Å². The molecule has 2 rings (SSSR count). The van der Waals surface area contributed by atoms with Crippen molar-refractivity contribution in [1.82, 2.24) is 5.32 Å². The number of benzene rings is 1.